The van der Waals surface area contributed by atoms with E-state index in [0.29, 0.717) is 0 Å². The lowest BCUT2D eigenvalue weighted by Crippen LogP contribution is -2.28. The van der Waals surface area contributed by atoms with Crippen LogP contribution in [0.3, 0.4) is 0 Å². The second kappa shape index (κ2) is 11.7. The van der Waals surface area contributed by atoms with Crippen LogP contribution in [0.1, 0.15) is 65.2 Å². The van der Waals surface area contributed by atoms with Crippen LogP contribution in [0, 0.1) is 0 Å². The molecule has 0 aliphatic heterocycles. The zero-order valence-electron chi connectivity index (χ0n) is 17.7. The molecule has 1 aromatic carbocycles. The van der Waals surface area contributed by atoms with Crippen molar-refractivity contribution in [2.75, 3.05) is 13.2 Å². The summed E-state index contributed by atoms with van der Waals surface area (Å²) < 4.78 is 16.5. The molecule has 150 valence electrons. The van der Waals surface area contributed by atoms with Gasteiger partial charge in [0.1, 0.15) is 12.4 Å². The first-order valence-corrected chi connectivity index (χ1v) is 10.6. The first kappa shape index (κ1) is 21.3. The number of rotatable bonds is 13. The maximum absolute atomic E-state index is 6.14. The fourth-order valence-electron chi connectivity index (χ4n) is 3.30. The molecule has 0 fully saturated rings. The second-order valence-electron chi connectivity index (χ2n) is 7.32. The molecule has 0 saturated carbocycles. The van der Waals surface area contributed by atoms with Crippen LogP contribution in [0.25, 0.3) is 11.4 Å². The Morgan fingerprint density at radius 3 is 2.04 bits per heavy atom. The van der Waals surface area contributed by atoms with Gasteiger partial charge in [0.2, 0.25) is 0 Å². The first-order valence-electron chi connectivity index (χ1n) is 10.6. The summed E-state index contributed by atoms with van der Waals surface area (Å²) in [5, 5.41) is 0. The van der Waals surface area contributed by atoms with Gasteiger partial charge in [-0.25, -0.2) is 9.13 Å². The van der Waals surface area contributed by atoms with E-state index >= 15 is 0 Å². The summed E-state index contributed by atoms with van der Waals surface area (Å²) in [4.78, 5) is 0. The van der Waals surface area contributed by atoms with Crippen LogP contribution in [0.5, 0.6) is 11.5 Å². The van der Waals surface area contributed by atoms with Crippen molar-refractivity contribution in [3.63, 3.8) is 0 Å². The molecular formula is C23H37N2O2+. The van der Waals surface area contributed by atoms with Crippen LogP contribution < -0.4 is 14.0 Å². The van der Waals surface area contributed by atoms with Crippen LogP contribution in [0.2, 0.25) is 0 Å². The monoisotopic (exact) mass is 373 g/mol. The molecule has 1 aromatic heterocycles. The van der Waals surface area contributed by atoms with Crippen molar-refractivity contribution >= 4 is 0 Å². The van der Waals surface area contributed by atoms with Gasteiger partial charge in [0.05, 0.1) is 32.9 Å². The highest BCUT2D eigenvalue weighted by molar-refractivity contribution is 5.59. The fourth-order valence-corrected chi connectivity index (χ4v) is 3.30. The molecule has 0 bridgehead atoms. The molecule has 0 aliphatic rings. The number of nitrogens with zero attached hydrogens (tertiary/aromatic N) is 2. The lowest BCUT2D eigenvalue weighted by molar-refractivity contribution is -0.659. The normalized spacial score (nSPS) is 11.0. The molecule has 2 rings (SSSR count). The summed E-state index contributed by atoms with van der Waals surface area (Å²) >= 11 is 0. The maximum Gasteiger partial charge on any atom is 0.288 e. The quantitative estimate of drug-likeness (QED) is 0.345. The smallest absolute Gasteiger partial charge is 0.288 e. The minimum Gasteiger partial charge on any atom is -0.490 e. The summed E-state index contributed by atoms with van der Waals surface area (Å²) in [6, 6.07) is 6.31. The molecule has 0 N–H and O–H groups in total. The zero-order valence-corrected chi connectivity index (χ0v) is 17.7. The third kappa shape index (κ3) is 6.60. The van der Waals surface area contributed by atoms with Crippen molar-refractivity contribution in [1.82, 2.24) is 4.57 Å². The second-order valence-corrected chi connectivity index (χ2v) is 7.32. The Balaban J connectivity index is 2.09. The molecule has 0 amide bonds. The number of hydrogen-bond acceptors (Lipinski definition) is 2. The number of imidazole rings is 1. The standard InChI is InChI=1S/C23H37N2O2/c1-5-7-9-11-17-26-21-14-13-20(23-24(3)15-16-25(23)4)19-22(21)27-18-12-10-8-6-2/h13-16,19H,5-12,17-18H2,1-4H3/q+1. The van der Waals surface area contributed by atoms with Crippen LogP contribution in [0.15, 0.2) is 30.6 Å². The number of hydrogen-bond donors (Lipinski definition) is 0. The average Bonchev–Trinajstić information content (AvgIpc) is 3.00. The topological polar surface area (TPSA) is 27.3 Å². The van der Waals surface area contributed by atoms with Crippen LogP contribution in [0.4, 0.5) is 0 Å². The van der Waals surface area contributed by atoms with Gasteiger partial charge in [0.15, 0.2) is 11.5 Å². The van der Waals surface area contributed by atoms with Crippen molar-refractivity contribution in [2.24, 2.45) is 14.1 Å². The predicted octanol–water partition coefficient (Wildman–Crippen LogP) is 5.43. The molecule has 1 heterocycles. The number of ether oxygens (including phenoxy) is 2. The van der Waals surface area contributed by atoms with Gasteiger partial charge in [-0.3, -0.25) is 0 Å². The van der Waals surface area contributed by atoms with Crippen molar-refractivity contribution in [3.8, 4) is 22.9 Å². The van der Waals surface area contributed by atoms with E-state index in [1.54, 1.807) is 0 Å². The molecule has 27 heavy (non-hydrogen) atoms. The third-order valence-corrected chi connectivity index (χ3v) is 4.89. The van der Waals surface area contributed by atoms with Crippen molar-refractivity contribution in [1.29, 1.82) is 0 Å². The molecule has 0 atom stereocenters. The molecule has 0 saturated heterocycles. The van der Waals surface area contributed by atoms with Crippen molar-refractivity contribution in [2.45, 2.75) is 65.2 Å². The molecular weight excluding hydrogens is 336 g/mol. The van der Waals surface area contributed by atoms with Gasteiger partial charge < -0.3 is 9.47 Å². The molecule has 0 aliphatic carbocycles. The van der Waals surface area contributed by atoms with Gasteiger partial charge in [0, 0.05) is 0 Å². The minimum atomic E-state index is 0.745. The SMILES string of the molecule is CCCCCCOc1ccc(-c2n(C)cc[n+]2C)cc1OCCCCCC. The Kier molecular flexibility index (Phi) is 9.23. The number of aromatic nitrogens is 2. The first-order chi connectivity index (χ1) is 13.2. The van der Waals surface area contributed by atoms with Gasteiger partial charge in [-0.1, -0.05) is 52.4 Å². The number of benzene rings is 1. The fraction of sp³-hybridized carbons (Fsp3) is 0.609. The number of unbranched alkanes of at least 4 members (excludes halogenated alkanes) is 6. The average molecular weight is 374 g/mol. The van der Waals surface area contributed by atoms with E-state index in [4.69, 9.17) is 9.47 Å². The summed E-state index contributed by atoms with van der Waals surface area (Å²) in [5.74, 6) is 2.88. The molecule has 0 radical (unpaired) electrons. The zero-order chi connectivity index (χ0) is 19.5. The highest BCUT2D eigenvalue weighted by Gasteiger charge is 2.17. The van der Waals surface area contributed by atoms with Gasteiger partial charge >= 0.3 is 0 Å². The van der Waals surface area contributed by atoms with Gasteiger partial charge in [-0.2, -0.15) is 0 Å². The Hall–Kier alpha value is -1.97. The van der Waals surface area contributed by atoms with Crippen LogP contribution >= 0.6 is 0 Å². The van der Waals surface area contributed by atoms with Crippen molar-refractivity contribution < 1.29 is 14.0 Å². The lowest BCUT2D eigenvalue weighted by Gasteiger charge is -2.14. The van der Waals surface area contributed by atoms with E-state index in [0.717, 1.165) is 48.9 Å². The van der Waals surface area contributed by atoms with E-state index in [9.17, 15) is 0 Å². The Labute approximate surface area is 165 Å². The largest absolute Gasteiger partial charge is 0.490 e. The summed E-state index contributed by atoms with van der Waals surface area (Å²) in [6.45, 7) is 5.96. The van der Waals surface area contributed by atoms with E-state index in [1.165, 1.54) is 38.5 Å². The number of aryl methyl sites for hydroxylation is 2. The van der Waals surface area contributed by atoms with Crippen LogP contribution in [-0.2, 0) is 14.1 Å². The van der Waals surface area contributed by atoms with Gasteiger partial charge in [-0.05, 0) is 31.0 Å². The Morgan fingerprint density at radius 2 is 1.48 bits per heavy atom. The third-order valence-electron chi connectivity index (χ3n) is 4.89. The van der Waals surface area contributed by atoms with Crippen molar-refractivity contribution in [3.05, 3.63) is 30.6 Å². The maximum atomic E-state index is 6.14. The Morgan fingerprint density at radius 1 is 0.852 bits per heavy atom. The molecule has 0 unspecified atom stereocenters. The summed E-state index contributed by atoms with van der Waals surface area (Å²) in [6.07, 6.45) is 13.8. The van der Waals surface area contributed by atoms with Crippen LogP contribution in [-0.4, -0.2) is 17.8 Å². The minimum absolute atomic E-state index is 0.745. The summed E-state index contributed by atoms with van der Waals surface area (Å²) in [5.41, 5.74) is 1.15. The van der Waals surface area contributed by atoms with E-state index in [-0.39, 0.29) is 0 Å². The molecule has 0 spiro atoms. The summed E-state index contributed by atoms with van der Waals surface area (Å²) in [7, 11) is 4.14. The van der Waals surface area contributed by atoms with E-state index in [2.05, 4.69) is 67.7 Å². The molecule has 4 nitrogen and oxygen atoms in total. The van der Waals surface area contributed by atoms with E-state index in [1.807, 2.05) is 0 Å². The Bertz CT molecular complexity index is 660. The molecule has 4 heteroatoms. The lowest BCUT2D eigenvalue weighted by atomic mass is 10.1. The van der Waals surface area contributed by atoms with Gasteiger partial charge in [0.25, 0.3) is 5.82 Å². The molecule has 2 aromatic rings. The van der Waals surface area contributed by atoms with Gasteiger partial charge in [-0.15, -0.1) is 0 Å². The van der Waals surface area contributed by atoms with E-state index < -0.39 is 0 Å². The highest BCUT2D eigenvalue weighted by Crippen LogP contribution is 2.32. The highest BCUT2D eigenvalue weighted by atomic mass is 16.5. The predicted molar refractivity (Wildman–Crippen MR) is 111 cm³/mol.